The fourth-order valence-electron chi connectivity index (χ4n) is 3.91. The van der Waals surface area contributed by atoms with Crippen LogP contribution in [0.2, 0.25) is 0 Å². The topological polar surface area (TPSA) is 134 Å². The van der Waals surface area contributed by atoms with Gasteiger partial charge in [0.25, 0.3) is 5.91 Å². The normalized spacial score (nSPS) is 12.6. The summed E-state index contributed by atoms with van der Waals surface area (Å²) < 4.78 is 17.8. The lowest BCUT2D eigenvalue weighted by Gasteiger charge is -2.17. The number of amidine groups is 1. The first-order valence-electron chi connectivity index (χ1n) is 11.7. The number of nitrogens with two attached hydrogens (primary N) is 1. The van der Waals surface area contributed by atoms with Gasteiger partial charge in [-0.1, -0.05) is 36.4 Å². The number of pyridine rings is 1. The molecule has 2 unspecified atom stereocenters. The maximum absolute atomic E-state index is 13.5. The summed E-state index contributed by atoms with van der Waals surface area (Å²) in [7, 11) is -1.61. The number of nitrogens with one attached hydrogen (secondary N) is 3. The van der Waals surface area contributed by atoms with Crippen LogP contribution in [0.25, 0.3) is 10.2 Å². The molecule has 0 bridgehead atoms. The minimum absolute atomic E-state index is 0.00920. The Balaban J connectivity index is 1.40. The van der Waals surface area contributed by atoms with Crippen LogP contribution in [-0.2, 0) is 17.4 Å². The molecule has 10 heteroatoms. The van der Waals surface area contributed by atoms with E-state index in [2.05, 4.69) is 15.0 Å². The summed E-state index contributed by atoms with van der Waals surface area (Å²) in [4.78, 5) is 21.8. The van der Waals surface area contributed by atoms with Crippen LogP contribution in [0, 0.1) is 5.41 Å². The van der Waals surface area contributed by atoms with Gasteiger partial charge in [0.2, 0.25) is 0 Å². The number of hydrogen-bond acceptors (Lipinski definition) is 6. The van der Waals surface area contributed by atoms with E-state index >= 15 is 0 Å². The Morgan fingerprint density at radius 1 is 1.00 bits per heavy atom. The number of anilines is 1. The van der Waals surface area contributed by atoms with Crippen molar-refractivity contribution in [3.8, 4) is 0 Å². The maximum Gasteiger partial charge on any atom is 0.257 e. The number of amides is 1. The third-order valence-corrected chi connectivity index (χ3v) is 8.10. The van der Waals surface area contributed by atoms with Crippen LogP contribution in [0.15, 0.2) is 102 Å². The van der Waals surface area contributed by atoms with Crippen LogP contribution in [0.3, 0.4) is 0 Å². The molecule has 0 saturated heterocycles. The molecule has 5 rings (SSSR count). The number of nitrogen functional groups attached to an aromatic ring is 1. The summed E-state index contributed by atoms with van der Waals surface area (Å²) in [6, 6.07) is 25.2. The van der Waals surface area contributed by atoms with Crippen LogP contribution < -0.4 is 15.8 Å². The molecular formula is C28H24N6O2S2. The van der Waals surface area contributed by atoms with Crippen molar-refractivity contribution in [2.24, 2.45) is 5.73 Å². The maximum atomic E-state index is 13.5. The van der Waals surface area contributed by atoms with Gasteiger partial charge in [-0.3, -0.25) is 15.2 Å². The van der Waals surface area contributed by atoms with Gasteiger partial charge in [0, 0.05) is 23.6 Å². The fourth-order valence-corrected chi connectivity index (χ4v) is 6.03. The zero-order valence-corrected chi connectivity index (χ0v) is 21.8. The first kappa shape index (κ1) is 25.4. The van der Waals surface area contributed by atoms with Crippen LogP contribution in [0.4, 0.5) is 5.69 Å². The van der Waals surface area contributed by atoms with Gasteiger partial charge in [0.05, 0.1) is 26.7 Å². The number of thiazole rings is 1. The molecule has 0 saturated carbocycles. The summed E-state index contributed by atoms with van der Waals surface area (Å²) in [6.45, 7) is 0. The number of hydrogen-bond donors (Lipinski definition) is 4. The number of nitrogens with zero attached hydrogens (tertiary/aromatic N) is 2. The van der Waals surface area contributed by atoms with Gasteiger partial charge in [0.1, 0.15) is 21.8 Å². The van der Waals surface area contributed by atoms with Crippen molar-refractivity contribution in [1.29, 1.82) is 5.41 Å². The second-order valence-corrected chi connectivity index (χ2v) is 10.8. The van der Waals surface area contributed by atoms with Gasteiger partial charge in [-0.25, -0.2) is 13.9 Å². The highest BCUT2D eigenvalue weighted by atomic mass is 32.2. The van der Waals surface area contributed by atoms with Crippen LogP contribution in [-0.4, -0.2) is 25.9 Å². The molecule has 0 aliphatic heterocycles. The number of aromatic nitrogens is 2. The van der Waals surface area contributed by atoms with Crippen molar-refractivity contribution >= 4 is 50.0 Å². The van der Waals surface area contributed by atoms with Crippen molar-refractivity contribution < 1.29 is 9.00 Å². The average molecular weight is 541 g/mol. The molecule has 190 valence electrons. The zero-order valence-electron chi connectivity index (χ0n) is 20.1. The number of benzene rings is 3. The monoisotopic (exact) mass is 540 g/mol. The molecular weight excluding hydrogens is 516 g/mol. The second-order valence-electron chi connectivity index (χ2n) is 8.50. The van der Waals surface area contributed by atoms with Gasteiger partial charge in [0.15, 0.2) is 0 Å². The summed E-state index contributed by atoms with van der Waals surface area (Å²) in [5, 5.41) is 11.4. The SMILES string of the molecule is N=C(N)c1cccc(CC(NS(=O)c2cccc(NC(=O)c3cccnc3)c2)c2nc3ccccc3s2)c1. The third-order valence-electron chi connectivity index (χ3n) is 5.77. The second kappa shape index (κ2) is 11.4. The first-order valence-corrected chi connectivity index (χ1v) is 13.7. The van der Waals surface area contributed by atoms with Crippen molar-refractivity contribution in [3.05, 3.63) is 119 Å². The number of fused-ring (bicyclic) bond motifs is 1. The smallest absolute Gasteiger partial charge is 0.257 e. The number of carbonyl (C=O) groups is 1. The minimum Gasteiger partial charge on any atom is -0.384 e. The lowest BCUT2D eigenvalue weighted by molar-refractivity contribution is 0.102. The zero-order chi connectivity index (χ0) is 26.5. The Morgan fingerprint density at radius 3 is 2.61 bits per heavy atom. The molecule has 5 N–H and O–H groups in total. The summed E-state index contributed by atoms with van der Waals surface area (Å²) >= 11 is 1.54. The summed E-state index contributed by atoms with van der Waals surface area (Å²) in [5.74, 6) is -0.309. The highest BCUT2D eigenvalue weighted by Gasteiger charge is 2.21. The van der Waals surface area contributed by atoms with E-state index in [1.807, 2.05) is 42.5 Å². The van der Waals surface area contributed by atoms with Crippen LogP contribution in [0.5, 0.6) is 0 Å². The molecule has 0 aliphatic carbocycles. The van der Waals surface area contributed by atoms with Gasteiger partial charge in [-0.15, -0.1) is 11.3 Å². The predicted molar refractivity (Wildman–Crippen MR) is 152 cm³/mol. The Bertz CT molecular complexity index is 1600. The molecule has 2 heterocycles. The van der Waals surface area contributed by atoms with Crippen LogP contribution >= 0.6 is 11.3 Å². The highest BCUT2D eigenvalue weighted by molar-refractivity contribution is 7.83. The van der Waals surface area contributed by atoms with E-state index in [1.165, 1.54) is 6.20 Å². The van der Waals surface area contributed by atoms with Crippen molar-refractivity contribution in [2.75, 3.05) is 5.32 Å². The molecule has 5 aromatic rings. The van der Waals surface area contributed by atoms with Gasteiger partial charge < -0.3 is 11.1 Å². The third kappa shape index (κ3) is 6.00. The molecule has 38 heavy (non-hydrogen) atoms. The van der Waals surface area contributed by atoms with E-state index in [4.69, 9.17) is 16.1 Å². The molecule has 1 amide bonds. The quantitative estimate of drug-likeness (QED) is 0.157. The molecule has 2 aromatic heterocycles. The average Bonchev–Trinajstić information content (AvgIpc) is 3.38. The van der Waals surface area contributed by atoms with Gasteiger partial charge in [-0.2, -0.15) is 0 Å². The minimum atomic E-state index is -1.61. The van der Waals surface area contributed by atoms with E-state index in [0.717, 1.165) is 20.8 Å². The predicted octanol–water partition coefficient (Wildman–Crippen LogP) is 4.82. The van der Waals surface area contributed by atoms with Crippen LogP contribution in [0.1, 0.15) is 32.5 Å². The molecule has 0 radical (unpaired) electrons. The molecule has 0 spiro atoms. The lowest BCUT2D eigenvalue weighted by Crippen LogP contribution is -2.26. The molecule has 0 aliphatic rings. The Kier molecular flexibility index (Phi) is 7.64. The van der Waals surface area contributed by atoms with Gasteiger partial charge >= 0.3 is 0 Å². The molecule has 3 aromatic carbocycles. The number of carbonyl (C=O) groups excluding carboxylic acids is 1. The van der Waals surface area contributed by atoms with E-state index in [0.29, 0.717) is 28.1 Å². The summed E-state index contributed by atoms with van der Waals surface area (Å²) in [5.41, 5.74) is 9.09. The first-order chi connectivity index (χ1) is 18.5. The molecule has 0 fully saturated rings. The molecule has 2 atom stereocenters. The fraction of sp³-hybridized carbons (Fsp3) is 0.0714. The summed E-state index contributed by atoms with van der Waals surface area (Å²) in [6.07, 6.45) is 3.58. The largest absolute Gasteiger partial charge is 0.384 e. The lowest BCUT2D eigenvalue weighted by atomic mass is 10.0. The standard InChI is InChI=1S/C28H24N6O2S2/c29-26(30)19-7-3-6-18(14-19)15-24(28-33-23-11-1-2-12-25(23)37-28)34-38(36)22-10-4-9-21(16-22)32-27(35)20-8-5-13-31-17-20/h1-14,16-17,24,34H,15H2,(H3,29,30)(H,32,35). The van der Waals surface area contributed by atoms with Gasteiger partial charge in [-0.05, 0) is 60.5 Å². The Labute approximate surface area is 226 Å². The van der Waals surface area contributed by atoms with E-state index in [1.54, 1.807) is 60.0 Å². The van der Waals surface area contributed by atoms with Crippen molar-refractivity contribution in [2.45, 2.75) is 17.4 Å². The van der Waals surface area contributed by atoms with Crippen molar-refractivity contribution in [3.63, 3.8) is 0 Å². The van der Waals surface area contributed by atoms with E-state index < -0.39 is 11.0 Å². The number of rotatable bonds is 9. The van der Waals surface area contributed by atoms with E-state index in [9.17, 15) is 9.00 Å². The highest BCUT2D eigenvalue weighted by Crippen LogP contribution is 2.29. The van der Waals surface area contributed by atoms with E-state index in [-0.39, 0.29) is 17.8 Å². The number of para-hydroxylation sites is 1. The Hall–Kier alpha value is -4.25. The molecule has 8 nitrogen and oxygen atoms in total. The Morgan fingerprint density at radius 2 is 1.82 bits per heavy atom. The van der Waals surface area contributed by atoms with Crippen molar-refractivity contribution in [1.82, 2.24) is 14.7 Å².